The number of piperidine rings is 1. The predicted molar refractivity (Wildman–Crippen MR) is 101 cm³/mol. The Labute approximate surface area is 164 Å². The van der Waals surface area contributed by atoms with Crippen LogP contribution < -0.4 is 4.74 Å². The summed E-state index contributed by atoms with van der Waals surface area (Å²) in [6, 6.07) is 6.28. The minimum absolute atomic E-state index is 0.214. The van der Waals surface area contributed by atoms with Gasteiger partial charge < -0.3 is 9.47 Å². The quantitative estimate of drug-likeness (QED) is 0.679. The number of hydrogen-bond donors (Lipinski definition) is 0. The third-order valence-electron chi connectivity index (χ3n) is 4.78. The topological polar surface area (TPSA) is 98.7 Å². The number of aromatic nitrogens is 2. The second-order valence-corrected chi connectivity index (χ2v) is 8.50. The van der Waals surface area contributed by atoms with Crippen LogP contribution >= 0.6 is 0 Å². The summed E-state index contributed by atoms with van der Waals surface area (Å²) in [5, 5.41) is 0. The molecule has 1 aliphatic heterocycles. The van der Waals surface area contributed by atoms with Crippen molar-refractivity contribution in [1.29, 1.82) is 0 Å². The number of carbonyl (C=O) groups is 1. The molecular weight excluding hydrogens is 382 g/mol. The molecule has 2 heterocycles. The Morgan fingerprint density at radius 3 is 2.43 bits per heavy atom. The molecule has 150 valence electrons. The number of rotatable bonds is 6. The number of nitrogens with zero attached hydrogens (tertiary/aromatic N) is 3. The van der Waals surface area contributed by atoms with Crippen LogP contribution in [-0.2, 0) is 19.6 Å². The van der Waals surface area contributed by atoms with Gasteiger partial charge in [-0.25, -0.2) is 8.42 Å². The van der Waals surface area contributed by atoms with E-state index in [1.165, 1.54) is 23.5 Å². The van der Waals surface area contributed by atoms with E-state index in [4.69, 9.17) is 9.47 Å². The maximum absolute atomic E-state index is 12.8. The predicted octanol–water partition coefficient (Wildman–Crippen LogP) is 2.19. The summed E-state index contributed by atoms with van der Waals surface area (Å²) < 4.78 is 37.5. The molecule has 9 heteroatoms. The van der Waals surface area contributed by atoms with E-state index in [1.54, 1.807) is 37.6 Å². The Balaban J connectivity index is 1.58. The zero-order valence-corrected chi connectivity index (χ0v) is 16.6. The second-order valence-electron chi connectivity index (χ2n) is 6.56. The van der Waals surface area contributed by atoms with Gasteiger partial charge in [-0.2, -0.15) is 4.31 Å². The summed E-state index contributed by atoms with van der Waals surface area (Å²) in [6.07, 6.45) is 4.99. The van der Waals surface area contributed by atoms with Gasteiger partial charge in [0.25, 0.3) is 0 Å². The first-order valence-electron chi connectivity index (χ1n) is 9.02. The lowest BCUT2D eigenvalue weighted by atomic mass is 9.98. The maximum atomic E-state index is 12.8. The van der Waals surface area contributed by atoms with E-state index in [2.05, 4.69) is 9.97 Å². The van der Waals surface area contributed by atoms with Gasteiger partial charge in [0, 0.05) is 25.5 Å². The van der Waals surface area contributed by atoms with Crippen molar-refractivity contribution in [1.82, 2.24) is 14.3 Å². The fourth-order valence-electron chi connectivity index (χ4n) is 3.08. The molecule has 0 bridgehead atoms. The van der Waals surface area contributed by atoms with Gasteiger partial charge in [-0.1, -0.05) is 0 Å². The average Bonchev–Trinajstić information content (AvgIpc) is 2.74. The Hall–Kier alpha value is -2.52. The van der Waals surface area contributed by atoms with Crippen molar-refractivity contribution >= 4 is 16.0 Å². The monoisotopic (exact) mass is 405 g/mol. The van der Waals surface area contributed by atoms with Crippen molar-refractivity contribution < 1.29 is 22.7 Å². The van der Waals surface area contributed by atoms with Gasteiger partial charge in [0.15, 0.2) is 0 Å². The number of ether oxygens (including phenoxy) is 2. The van der Waals surface area contributed by atoms with E-state index in [1.807, 2.05) is 0 Å². The first-order chi connectivity index (χ1) is 13.4. The molecule has 1 aromatic carbocycles. The third-order valence-corrected chi connectivity index (χ3v) is 6.69. The van der Waals surface area contributed by atoms with Crippen LogP contribution in [-0.4, -0.2) is 48.9 Å². The maximum Gasteiger partial charge on any atom is 0.309 e. The molecule has 0 unspecified atom stereocenters. The molecule has 3 rings (SSSR count). The molecule has 8 nitrogen and oxygen atoms in total. The zero-order chi connectivity index (χ0) is 20.1. The van der Waals surface area contributed by atoms with E-state index in [9.17, 15) is 13.2 Å². The van der Waals surface area contributed by atoms with Crippen molar-refractivity contribution in [3.05, 3.63) is 48.5 Å². The summed E-state index contributed by atoms with van der Waals surface area (Å²) in [4.78, 5) is 20.7. The standard InChI is InChI=1S/C19H23N3O5S/c1-14(18-13-20-9-10-21-18)27-19(23)15-7-11-22(12-8-15)28(24,25)17-5-3-16(26-2)4-6-17/h3-6,9-10,13-15H,7-8,11-12H2,1-2H3/t14-/m1/s1. The summed E-state index contributed by atoms with van der Waals surface area (Å²) in [5.74, 6) is -0.0706. The van der Waals surface area contributed by atoms with E-state index >= 15 is 0 Å². The van der Waals surface area contributed by atoms with Gasteiger partial charge in [-0.3, -0.25) is 14.8 Å². The summed E-state index contributed by atoms with van der Waals surface area (Å²) in [7, 11) is -2.07. The van der Waals surface area contributed by atoms with Gasteiger partial charge in [0.05, 0.1) is 29.8 Å². The molecule has 0 N–H and O–H groups in total. The minimum atomic E-state index is -3.59. The van der Waals surface area contributed by atoms with Crippen LogP contribution in [0.4, 0.5) is 0 Å². The van der Waals surface area contributed by atoms with Crippen LogP contribution in [0.3, 0.4) is 0 Å². The van der Waals surface area contributed by atoms with E-state index in [-0.39, 0.29) is 29.9 Å². The van der Waals surface area contributed by atoms with Crippen molar-refractivity contribution in [2.24, 2.45) is 5.92 Å². The Morgan fingerprint density at radius 1 is 1.18 bits per heavy atom. The van der Waals surface area contributed by atoms with Crippen LogP contribution in [0.1, 0.15) is 31.6 Å². The Kier molecular flexibility index (Phi) is 6.25. The highest BCUT2D eigenvalue weighted by Gasteiger charge is 2.33. The fraction of sp³-hybridized carbons (Fsp3) is 0.421. The van der Waals surface area contributed by atoms with E-state index < -0.39 is 16.1 Å². The Bertz CT molecular complexity index is 895. The molecule has 0 radical (unpaired) electrons. The third kappa shape index (κ3) is 4.48. The van der Waals surface area contributed by atoms with E-state index in [0.29, 0.717) is 24.3 Å². The molecule has 28 heavy (non-hydrogen) atoms. The highest BCUT2D eigenvalue weighted by molar-refractivity contribution is 7.89. The molecule has 0 amide bonds. The van der Waals surface area contributed by atoms with Gasteiger partial charge in [-0.05, 0) is 44.0 Å². The van der Waals surface area contributed by atoms with Crippen LogP contribution in [0, 0.1) is 5.92 Å². The molecule has 0 aliphatic carbocycles. The number of esters is 1. The largest absolute Gasteiger partial charge is 0.497 e. The summed E-state index contributed by atoms with van der Waals surface area (Å²) in [6.45, 7) is 2.28. The van der Waals surface area contributed by atoms with Crippen molar-refractivity contribution in [2.45, 2.75) is 30.8 Å². The fourth-order valence-corrected chi connectivity index (χ4v) is 4.55. The van der Waals surface area contributed by atoms with Crippen LogP contribution in [0.25, 0.3) is 0 Å². The molecule has 2 aromatic rings. The molecular formula is C19H23N3O5S. The number of carbonyl (C=O) groups excluding carboxylic acids is 1. The molecule has 1 atom stereocenters. The van der Waals surface area contributed by atoms with Gasteiger partial charge >= 0.3 is 5.97 Å². The molecule has 1 fully saturated rings. The van der Waals surface area contributed by atoms with Crippen molar-refractivity contribution in [2.75, 3.05) is 20.2 Å². The second kappa shape index (κ2) is 8.66. The number of sulfonamides is 1. The van der Waals surface area contributed by atoms with E-state index in [0.717, 1.165) is 0 Å². The van der Waals surface area contributed by atoms with Gasteiger partial charge in [-0.15, -0.1) is 0 Å². The molecule has 0 saturated carbocycles. The average molecular weight is 405 g/mol. The molecule has 0 spiro atoms. The van der Waals surface area contributed by atoms with Crippen LogP contribution in [0.15, 0.2) is 47.8 Å². The van der Waals surface area contributed by atoms with Crippen LogP contribution in [0.2, 0.25) is 0 Å². The number of hydrogen-bond acceptors (Lipinski definition) is 7. The summed E-state index contributed by atoms with van der Waals surface area (Å²) >= 11 is 0. The molecule has 1 aliphatic rings. The number of benzene rings is 1. The molecule has 1 aromatic heterocycles. The normalized spacial score (nSPS) is 17.1. The molecule has 1 saturated heterocycles. The SMILES string of the molecule is COc1ccc(S(=O)(=O)N2CCC(C(=O)O[C@H](C)c3cnccn3)CC2)cc1. The highest BCUT2D eigenvalue weighted by atomic mass is 32.2. The van der Waals surface area contributed by atoms with Crippen molar-refractivity contribution in [3.63, 3.8) is 0 Å². The van der Waals surface area contributed by atoms with Crippen LogP contribution in [0.5, 0.6) is 5.75 Å². The zero-order valence-electron chi connectivity index (χ0n) is 15.8. The first-order valence-corrected chi connectivity index (χ1v) is 10.5. The first kappa shape index (κ1) is 20.2. The lowest BCUT2D eigenvalue weighted by Gasteiger charge is -2.30. The smallest absolute Gasteiger partial charge is 0.309 e. The minimum Gasteiger partial charge on any atom is -0.497 e. The lowest BCUT2D eigenvalue weighted by Crippen LogP contribution is -2.40. The number of methoxy groups -OCH3 is 1. The summed E-state index contributed by atoms with van der Waals surface area (Å²) in [5.41, 5.74) is 0.579. The lowest BCUT2D eigenvalue weighted by molar-refractivity contribution is -0.155. The van der Waals surface area contributed by atoms with Crippen molar-refractivity contribution in [3.8, 4) is 5.75 Å². The Morgan fingerprint density at radius 2 is 1.86 bits per heavy atom. The van der Waals surface area contributed by atoms with Gasteiger partial charge in [0.2, 0.25) is 10.0 Å². The van der Waals surface area contributed by atoms with Gasteiger partial charge in [0.1, 0.15) is 11.9 Å². The highest BCUT2D eigenvalue weighted by Crippen LogP contribution is 2.27.